The lowest BCUT2D eigenvalue weighted by Gasteiger charge is -2.20. The largest absolute Gasteiger partial charge is 0.323 e. The maximum absolute atomic E-state index is 11.3. The molecule has 0 heterocycles. The van der Waals surface area contributed by atoms with Gasteiger partial charge in [-0.3, -0.25) is 0 Å². The Kier molecular flexibility index (Phi) is 3.69. The minimum atomic E-state index is -3.68. The second-order valence-corrected chi connectivity index (χ2v) is 4.46. The predicted octanol–water partition coefficient (Wildman–Crippen LogP) is 0.420. The van der Waals surface area contributed by atoms with E-state index in [2.05, 4.69) is 18.4 Å². The van der Waals surface area contributed by atoms with E-state index in [-0.39, 0.29) is 5.16 Å². The fourth-order valence-electron chi connectivity index (χ4n) is 0.430. The van der Waals surface area contributed by atoms with Gasteiger partial charge >= 0.3 is 10.2 Å². The lowest BCUT2D eigenvalue weighted by Crippen LogP contribution is -2.34. The zero-order chi connectivity index (χ0) is 9.94. The zero-order valence-electron chi connectivity index (χ0n) is 6.86. The van der Waals surface area contributed by atoms with Crippen molar-refractivity contribution in [2.75, 3.05) is 14.1 Å². The molecule has 0 aromatic carbocycles. The number of rotatable bonds is 4. The zero-order valence-corrected chi connectivity index (χ0v) is 8.43. The van der Waals surface area contributed by atoms with Crippen LogP contribution in [0.5, 0.6) is 0 Å². The highest BCUT2D eigenvalue weighted by Crippen LogP contribution is 2.14. The van der Waals surface area contributed by atoms with Crippen LogP contribution in [0.4, 0.5) is 0 Å². The Morgan fingerprint density at radius 3 is 2.00 bits per heavy atom. The van der Waals surface area contributed by atoms with Crippen LogP contribution in [0.15, 0.2) is 16.8 Å². The molecule has 0 aliphatic rings. The SMILES string of the molecule is C=NN(C(=C)Cl)S(=O)(=O)N(C)C. The Hall–Kier alpha value is -0.590. The van der Waals surface area contributed by atoms with Gasteiger partial charge in [0.25, 0.3) is 0 Å². The van der Waals surface area contributed by atoms with Crippen LogP contribution in [0.2, 0.25) is 0 Å². The Morgan fingerprint density at radius 2 is 1.92 bits per heavy atom. The summed E-state index contributed by atoms with van der Waals surface area (Å²) in [6.45, 7) is 6.28. The van der Waals surface area contributed by atoms with Crippen molar-refractivity contribution in [2.45, 2.75) is 0 Å². The molecule has 0 N–H and O–H groups in total. The molecule has 0 atom stereocenters. The molecule has 0 aromatic rings. The van der Waals surface area contributed by atoms with Gasteiger partial charge in [-0.05, 0) is 0 Å². The first-order chi connectivity index (χ1) is 5.34. The highest BCUT2D eigenvalue weighted by Gasteiger charge is 2.23. The van der Waals surface area contributed by atoms with Crippen molar-refractivity contribution in [3.05, 3.63) is 11.7 Å². The maximum atomic E-state index is 11.3. The standard InChI is InChI=1S/C5H10ClN3O2S/c1-5(6)9(7-2)12(10,11)8(3)4/h1-2H2,3-4H3. The van der Waals surface area contributed by atoms with Crippen LogP contribution in [0.3, 0.4) is 0 Å². The first-order valence-corrected chi connectivity index (χ1v) is 4.65. The average Bonchev–Trinajstić information content (AvgIpc) is 1.86. The highest BCUT2D eigenvalue weighted by atomic mass is 35.5. The summed E-state index contributed by atoms with van der Waals surface area (Å²) in [6, 6.07) is 0. The molecule has 0 spiro atoms. The van der Waals surface area contributed by atoms with E-state index in [0.29, 0.717) is 4.41 Å². The lowest BCUT2D eigenvalue weighted by atomic mass is 11.0. The van der Waals surface area contributed by atoms with Gasteiger partial charge in [-0.15, -0.1) is 4.41 Å². The molecule has 7 heteroatoms. The van der Waals surface area contributed by atoms with Crippen molar-refractivity contribution in [3.8, 4) is 0 Å². The molecule has 0 aliphatic carbocycles. The third-order valence-electron chi connectivity index (χ3n) is 1.02. The van der Waals surface area contributed by atoms with Gasteiger partial charge in [0, 0.05) is 20.8 Å². The maximum Gasteiger partial charge on any atom is 0.323 e. The van der Waals surface area contributed by atoms with Crippen molar-refractivity contribution < 1.29 is 8.42 Å². The molecular weight excluding hydrogens is 202 g/mol. The summed E-state index contributed by atoms with van der Waals surface area (Å²) >= 11 is 5.36. The van der Waals surface area contributed by atoms with E-state index in [1.807, 2.05) is 0 Å². The van der Waals surface area contributed by atoms with Crippen molar-refractivity contribution in [3.63, 3.8) is 0 Å². The van der Waals surface area contributed by atoms with Gasteiger partial charge in [0.2, 0.25) is 0 Å². The molecule has 0 amide bonds. The Balaban J connectivity index is 5.00. The lowest BCUT2D eigenvalue weighted by molar-refractivity contribution is 0.446. The van der Waals surface area contributed by atoms with Gasteiger partial charge in [-0.1, -0.05) is 18.2 Å². The van der Waals surface area contributed by atoms with Gasteiger partial charge in [0.15, 0.2) is 0 Å². The van der Waals surface area contributed by atoms with Gasteiger partial charge in [0.1, 0.15) is 5.16 Å². The van der Waals surface area contributed by atoms with Gasteiger partial charge in [-0.25, -0.2) is 0 Å². The van der Waals surface area contributed by atoms with Crippen LogP contribution in [-0.4, -0.2) is 38.0 Å². The Labute approximate surface area is 77.1 Å². The van der Waals surface area contributed by atoms with Crippen molar-refractivity contribution in [1.82, 2.24) is 8.72 Å². The minimum Gasteiger partial charge on any atom is -0.189 e. The fraction of sp³-hybridized carbons (Fsp3) is 0.400. The number of hydrazone groups is 1. The second kappa shape index (κ2) is 3.88. The van der Waals surface area contributed by atoms with E-state index in [9.17, 15) is 8.42 Å². The van der Waals surface area contributed by atoms with E-state index < -0.39 is 10.2 Å². The summed E-state index contributed by atoms with van der Waals surface area (Å²) in [4.78, 5) is 0. The molecule has 0 aliphatic heterocycles. The summed E-state index contributed by atoms with van der Waals surface area (Å²) in [6.07, 6.45) is 0. The van der Waals surface area contributed by atoms with E-state index in [1.54, 1.807) is 0 Å². The van der Waals surface area contributed by atoms with Crippen molar-refractivity contribution >= 4 is 28.5 Å². The number of hydrogen-bond donors (Lipinski definition) is 0. The smallest absolute Gasteiger partial charge is 0.189 e. The molecule has 0 saturated heterocycles. The molecule has 12 heavy (non-hydrogen) atoms. The van der Waals surface area contributed by atoms with Gasteiger partial charge in [-0.2, -0.15) is 17.8 Å². The molecule has 0 aromatic heterocycles. The van der Waals surface area contributed by atoms with Crippen molar-refractivity contribution in [1.29, 1.82) is 0 Å². The molecule has 0 saturated carbocycles. The molecule has 0 radical (unpaired) electrons. The number of nitrogens with zero attached hydrogens (tertiary/aromatic N) is 3. The molecular formula is C5H10ClN3O2S. The first-order valence-electron chi connectivity index (χ1n) is 2.88. The summed E-state index contributed by atoms with van der Waals surface area (Å²) in [5, 5.41) is 2.98. The van der Waals surface area contributed by atoms with Gasteiger partial charge in [0.05, 0.1) is 0 Å². The number of halogens is 1. The minimum absolute atomic E-state index is 0.223. The second-order valence-electron chi connectivity index (χ2n) is 2.05. The summed E-state index contributed by atoms with van der Waals surface area (Å²) < 4.78 is 24.0. The fourth-order valence-corrected chi connectivity index (χ4v) is 1.45. The summed E-state index contributed by atoms with van der Waals surface area (Å²) in [7, 11) is -0.973. The van der Waals surface area contributed by atoms with E-state index in [4.69, 9.17) is 11.6 Å². The summed E-state index contributed by atoms with van der Waals surface area (Å²) in [5.74, 6) is 0. The molecule has 0 fully saturated rings. The van der Waals surface area contributed by atoms with E-state index >= 15 is 0 Å². The third-order valence-corrected chi connectivity index (χ3v) is 2.97. The van der Waals surface area contributed by atoms with Crippen LogP contribution < -0.4 is 0 Å². The Bertz CT molecular complexity index is 285. The first kappa shape index (κ1) is 11.4. The van der Waals surface area contributed by atoms with Crippen molar-refractivity contribution in [2.24, 2.45) is 5.10 Å². The quantitative estimate of drug-likeness (QED) is 0.385. The Morgan fingerprint density at radius 1 is 1.50 bits per heavy atom. The summed E-state index contributed by atoms with van der Waals surface area (Å²) in [5.41, 5.74) is 0. The van der Waals surface area contributed by atoms with Crippen LogP contribution in [-0.2, 0) is 10.2 Å². The van der Waals surface area contributed by atoms with Gasteiger partial charge < -0.3 is 0 Å². The highest BCUT2D eigenvalue weighted by molar-refractivity contribution is 7.86. The third kappa shape index (κ3) is 2.20. The van der Waals surface area contributed by atoms with Crippen LogP contribution in [0, 0.1) is 0 Å². The molecule has 0 unspecified atom stereocenters. The van der Waals surface area contributed by atoms with E-state index in [0.717, 1.165) is 4.31 Å². The number of hydrogen-bond acceptors (Lipinski definition) is 3. The van der Waals surface area contributed by atoms with Crippen LogP contribution >= 0.6 is 11.6 Å². The monoisotopic (exact) mass is 211 g/mol. The van der Waals surface area contributed by atoms with Crippen LogP contribution in [0.1, 0.15) is 0 Å². The average molecular weight is 212 g/mol. The normalized spacial score (nSPS) is 11.3. The van der Waals surface area contributed by atoms with Crippen LogP contribution in [0.25, 0.3) is 0 Å². The topological polar surface area (TPSA) is 53.0 Å². The molecule has 5 nitrogen and oxygen atoms in total. The molecule has 0 bridgehead atoms. The molecule has 0 rings (SSSR count). The van der Waals surface area contributed by atoms with E-state index in [1.165, 1.54) is 14.1 Å². The molecule has 70 valence electrons. The predicted molar refractivity (Wildman–Crippen MR) is 49.0 cm³/mol.